The number of nitrogens with zero attached hydrogens (tertiary/aromatic N) is 2. The van der Waals surface area contributed by atoms with Gasteiger partial charge in [-0.1, -0.05) is 49.4 Å². The van der Waals surface area contributed by atoms with E-state index in [-0.39, 0.29) is 5.91 Å². The van der Waals surface area contributed by atoms with Crippen LogP contribution in [0, 0.1) is 11.8 Å². The van der Waals surface area contributed by atoms with Crippen molar-refractivity contribution in [3.8, 4) is 0 Å². The highest BCUT2D eigenvalue weighted by Gasteiger charge is 2.24. The highest BCUT2D eigenvalue weighted by molar-refractivity contribution is 5.94. The minimum Gasteiger partial charge on any atom is -0.339 e. The molecule has 0 spiro atoms. The van der Waals surface area contributed by atoms with Gasteiger partial charge in [-0.3, -0.25) is 9.69 Å². The van der Waals surface area contributed by atoms with Crippen LogP contribution in [0.3, 0.4) is 0 Å². The number of amides is 1. The number of benzene rings is 2. The first-order chi connectivity index (χ1) is 14.2. The third kappa shape index (κ3) is 5.48. The largest absolute Gasteiger partial charge is 0.339 e. The fourth-order valence-electron chi connectivity index (χ4n) is 4.70. The van der Waals surface area contributed by atoms with Gasteiger partial charge in [0.15, 0.2) is 0 Å². The predicted octanol–water partition coefficient (Wildman–Crippen LogP) is 5.01. The van der Waals surface area contributed by atoms with E-state index in [1.54, 1.807) is 0 Å². The van der Waals surface area contributed by atoms with E-state index in [0.717, 1.165) is 50.4 Å². The zero-order chi connectivity index (χ0) is 20.1. The van der Waals surface area contributed by atoms with Crippen LogP contribution in [0.1, 0.15) is 54.1 Å². The summed E-state index contributed by atoms with van der Waals surface area (Å²) in [4.78, 5) is 17.5. The van der Waals surface area contributed by atoms with Crippen LogP contribution in [-0.4, -0.2) is 41.9 Å². The first-order valence-electron chi connectivity index (χ1n) is 11.3. The highest BCUT2D eigenvalue weighted by Crippen LogP contribution is 2.23. The molecule has 0 atom stereocenters. The minimum absolute atomic E-state index is 0.196. The van der Waals surface area contributed by atoms with Crippen LogP contribution in [0.2, 0.25) is 0 Å². The molecule has 29 heavy (non-hydrogen) atoms. The van der Waals surface area contributed by atoms with Crippen LogP contribution < -0.4 is 0 Å². The summed E-state index contributed by atoms with van der Waals surface area (Å²) in [6.07, 6.45) is 5.94. The summed E-state index contributed by atoms with van der Waals surface area (Å²) in [5, 5.41) is 0. The van der Waals surface area contributed by atoms with Crippen LogP contribution >= 0.6 is 0 Å². The second-order valence-corrected chi connectivity index (χ2v) is 9.08. The summed E-state index contributed by atoms with van der Waals surface area (Å²) >= 11 is 0. The number of hydrogen-bond donors (Lipinski definition) is 0. The minimum atomic E-state index is 0.196. The summed E-state index contributed by atoms with van der Waals surface area (Å²) in [5.41, 5.74) is 3.57. The molecule has 2 heterocycles. The second-order valence-electron chi connectivity index (χ2n) is 9.08. The SMILES string of the molecule is CC1CCN(Cc2ccc(C(=O)N3CCC(Cc4ccccc4)CC3)cc2)CC1. The second kappa shape index (κ2) is 9.58. The fourth-order valence-corrected chi connectivity index (χ4v) is 4.70. The van der Waals surface area contributed by atoms with Gasteiger partial charge in [0.25, 0.3) is 5.91 Å². The molecule has 4 rings (SSSR count). The lowest BCUT2D eigenvalue weighted by molar-refractivity contribution is 0.0690. The lowest BCUT2D eigenvalue weighted by Crippen LogP contribution is -2.38. The number of rotatable bonds is 5. The number of carbonyl (C=O) groups excluding carboxylic acids is 1. The van der Waals surface area contributed by atoms with Crippen molar-refractivity contribution in [2.24, 2.45) is 11.8 Å². The zero-order valence-electron chi connectivity index (χ0n) is 17.7. The van der Waals surface area contributed by atoms with Crippen molar-refractivity contribution in [1.82, 2.24) is 9.80 Å². The molecule has 2 fully saturated rings. The van der Waals surface area contributed by atoms with Crippen LogP contribution in [0.4, 0.5) is 0 Å². The Balaban J connectivity index is 1.26. The molecule has 0 radical (unpaired) electrons. The van der Waals surface area contributed by atoms with E-state index in [1.807, 2.05) is 17.0 Å². The molecule has 154 valence electrons. The van der Waals surface area contributed by atoms with Gasteiger partial charge in [-0.05, 0) is 80.3 Å². The molecule has 1 amide bonds. The van der Waals surface area contributed by atoms with E-state index in [1.165, 1.54) is 37.1 Å². The van der Waals surface area contributed by atoms with E-state index >= 15 is 0 Å². The molecular formula is C26H34N2O. The standard InChI is InChI=1S/C26H34N2O/c1-21-11-15-27(16-12-21)20-24-7-9-25(10-8-24)26(29)28-17-13-23(14-18-28)19-22-5-3-2-4-6-22/h2-10,21,23H,11-20H2,1H3. The molecule has 0 saturated carbocycles. The number of likely N-dealkylation sites (tertiary alicyclic amines) is 2. The molecular weight excluding hydrogens is 356 g/mol. The Kier molecular flexibility index (Phi) is 6.66. The lowest BCUT2D eigenvalue weighted by atomic mass is 9.90. The first kappa shape index (κ1) is 20.2. The van der Waals surface area contributed by atoms with Crippen molar-refractivity contribution >= 4 is 5.91 Å². The van der Waals surface area contributed by atoms with Gasteiger partial charge in [-0.25, -0.2) is 0 Å². The molecule has 0 aromatic heterocycles. The quantitative estimate of drug-likeness (QED) is 0.716. The molecule has 2 aliphatic rings. The normalized spacial score (nSPS) is 19.4. The van der Waals surface area contributed by atoms with Gasteiger partial charge < -0.3 is 4.90 Å². The van der Waals surface area contributed by atoms with Gasteiger partial charge in [0.2, 0.25) is 0 Å². The Morgan fingerprint density at radius 1 is 0.828 bits per heavy atom. The summed E-state index contributed by atoms with van der Waals surface area (Å²) in [6.45, 7) is 7.50. The Morgan fingerprint density at radius 3 is 2.14 bits per heavy atom. The van der Waals surface area contributed by atoms with Crippen molar-refractivity contribution in [1.29, 1.82) is 0 Å². The average molecular weight is 391 g/mol. The summed E-state index contributed by atoms with van der Waals surface area (Å²) in [5.74, 6) is 1.75. The van der Waals surface area contributed by atoms with Crippen LogP contribution in [0.15, 0.2) is 54.6 Å². The molecule has 2 aliphatic heterocycles. The fraction of sp³-hybridized carbons (Fsp3) is 0.500. The third-order valence-electron chi connectivity index (χ3n) is 6.75. The Labute approximate surface area is 175 Å². The zero-order valence-corrected chi connectivity index (χ0v) is 17.7. The summed E-state index contributed by atoms with van der Waals surface area (Å²) < 4.78 is 0. The van der Waals surface area contributed by atoms with Gasteiger partial charge in [0.1, 0.15) is 0 Å². The van der Waals surface area contributed by atoms with E-state index in [2.05, 4.69) is 54.3 Å². The van der Waals surface area contributed by atoms with Gasteiger partial charge >= 0.3 is 0 Å². The molecule has 0 aliphatic carbocycles. The van der Waals surface area contributed by atoms with Crippen LogP contribution in [0.25, 0.3) is 0 Å². The van der Waals surface area contributed by atoms with Crippen molar-refractivity contribution in [3.63, 3.8) is 0 Å². The number of piperidine rings is 2. The summed E-state index contributed by atoms with van der Waals surface area (Å²) in [7, 11) is 0. The molecule has 0 unspecified atom stereocenters. The maximum Gasteiger partial charge on any atom is 0.253 e. The molecule has 0 bridgehead atoms. The Hall–Kier alpha value is -2.13. The van der Waals surface area contributed by atoms with Gasteiger partial charge in [0.05, 0.1) is 0 Å². The third-order valence-corrected chi connectivity index (χ3v) is 6.75. The molecule has 0 N–H and O–H groups in total. The van der Waals surface area contributed by atoms with Crippen LogP contribution in [0.5, 0.6) is 0 Å². The van der Waals surface area contributed by atoms with Crippen molar-refractivity contribution in [3.05, 3.63) is 71.3 Å². The number of carbonyl (C=O) groups is 1. The van der Waals surface area contributed by atoms with Crippen molar-refractivity contribution in [2.75, 3.05) is 26.2 Å². The van der Waals surface area contributed by atoms with E-state index in [4.69, 9.17) is 0 Å². The first-order valence-corrected chi connectivity index (χ1v) is 11.3. The maximum atomic E-state index is 12.9. The summed E-state index contributed by atoms with van der Waals surface area (Å²) in [6, 6.07) is 19.1. The molecule has 3 nitrogen and oxygen atoms in total. The smallest absolute Gasteiger partial charge is 0.253 e. The van der Waals surface area contributed by atoms with Gasteiger partial charge in [-0.15, -0.1) is 0 Å². The number of hydrogen-bond acceptors (Lipinski definition) is 2. The van der Waals surface area contributed by atoms with E-state index in [9.17, 15) is 4.79 Å². The van der Waals surface area contributed by atoms with Crippen molar-refractivity contribution in [2.45, 2.75) is 45.6 Å². The highest BCUT2D eigenvalue weighted by atomic mass is 16.2. The lowest BCUT2D eigenvalue weighted by Gasteiger charge is -2.32. The Morgan fingerprint density at radius 2 is 1.48 bits per heavy atom. The Bertz CT molecular complexity index is 770. The molecule has 2 aromatic carbocycles. The average Bonchev–Trinajstić information content (AvgIpc) is 2.77. The monoisotopic (exact) mass is 390 g/mol. The molecule has 3 heteroatoms. The molecule has 2 saturated heterocycles. The molecule has 2 aromatic rings. The van der Waals surface area contributed by atoms with Gasteiger partial charge in [-0.2, -0.15) is 0 Å². The van der Waals surface area contributed by atoms with E-state index in [0.29, 0.717) is 5.92 Å². The maximum absolute atomic E-state index is 12.9. The van der Waals surface area contributed by atoms with Crippen molar-refractivity contribution < 1.29 is 4.79 Å². The van der Waals surface area contributed by atoms with Crippen LogP contribution in [-0.2, 0) is 13.0 Å². The predicted molar refractivity (Wildman–Crippen MR) is 119 cm³/mol. The van der Waals surface area contributed by atoms with E-state index < -0.39 is 0 Å². The topological polar surface area (TPSA) is 23.6 Å². The van der Waals surface area contributed by atoms with Gasteiger partial charge in [0, 0.05) is 25.2 Å².